The lowest BCUT2D eigenvalue weighted by molar-refractivity contribution is -0.117. The molecule has 1 heterocycles. The van der Waals surface area contributed by atoms with Crippen molar-refractivity contribution >= 4 is 40.2 Å². The van der Waals surface area contributed by atoms with Crippen LogP contribution < -0.4 is 11.1 Å². The van der Waals surface area contributed by atoms with Gasteiger partial charge in [-0.3, -0.25) is 9.48 Å². The van der Waals surface area contributed by atoms with Gasteiger partial charge in [-0.1, -0.05) is 29.9 Å². The zero-order chi connectivity index (χ0) is 22.0. The number of carbonyl (C=O) groups is 1. The minimum Gasteiger partial charge on any atom is -0.348 e. The highest BCUT2D eigenvalue weighted by Crippen LogP contribution is 2.33. The topological polar surface area (TPSA) is 72.9 Å². The Morgan fingerprint density at radius 2 is 2.13 bits per heavy atom. The van der Waals surface area contributed by atoms with Crippen LogP contribution in [-0.4, -0.2) is 33.1 Å². The number of nitrogens with zero attached hydrogens (tertiary/aromatic N) is 2. The Balaban J connectivity index is 1.79. The van der Waals surface area contributed by atoms with Crippen molar-refractivity contribution in [2.45, 2.75) is 25.8 Å². The van der Waals surface area contributed by atoms with E-state index < -0.39 is 17.7 Å². The summed E-state index contributed by atoms with van der Waals surface area (Å²) in [6.45, 7) is 2.02. The van der Waals surface area contributed by atoms with Crippen molar-refractivity contribution in [3.63, 3.8) is 0 Å². The van der Waals surface area contributed by atoms with Gasteiger partial charge < -0.3 is 11.1 Å². The molecule has 1 aromatic heterocycles. The van der Waals surface area contributed by atoms with Crippen molar-refractivity contribution in [2.24, 2.45) is 12.8 Å². The third-order valence-corrected chi connectivity index (χ3v) is 5.63. The maximum absolute atomic E-state index is 13.5. The fraction of sp³-hybridized carbons (Fsp3) is 0.286. The van der Waals surface area contributed by atoms with Crippen molar-refractivity contribution in [3.05, 3.63) is 69.5 Å². The summed E-state index contributed by atoms with van der Waals surface area (Å²) >= 11 is 11.7. The SMILES string of the molecule is CC1=C(c2c(Cl)cnn2C)CC(=S)C(C(=O)N[C@H](CN)Cc2ccc(F)c(F)c2)=C1. The van der Waals surface area contributed by atoms with Gasteiger partial charge in [-0.2, -0.15) is 5.10 Å². The van der Waals surface area contributed by atoms with E-state index in [0.29, 0.717) is 27.4 Å². The highest BCUT2D eigenvalue weighted by Gasteiger charge is 2.26. The average molecular weight is 451 g/mol. The molecular formula is C21H21ClF2N4OS. The predicted molar refractivity (Wildman–Crippen MR) is 117 cm³/mol. The lowest BCUT2D eigenvalue weighted by atomic mass is 9.90. The number of nitrogens with one attached hydrogen (secondary N) is 1. The second-order valence-corrected chi connectivity index (χ2v) is 8.04. The maximum atomic E-state index is 13.5. The Morgan fingerprint density at radius 1 is 1.40 bits per heavy atom. The number of aromatic nitrogens is 2. The summed E-state index contributed by atoms with van der Waals surface area (Å²) in [5, 5.41) is 7.51. The quantitative estimate of drug-likeness (QED) is 0.660. The van der Waals surface area contributed by atoms with Crippen molar-refractivity contribution in [1.29, 1.82) is 0 Å². The highest BCUT2D eigenvalue weighted by molar-refractivity contribution is 7.81. The first-order valence-corrected chi connectivity index (χ1v) is 10.1. The van der Waals surface area contributed by atoms with E-state index in [1.807, 2.05) is 6.92 Å². The minimum absolute atomic E-state index is 0.134. The molecule has 0 unspecified atom stereocenters. The zero-order valence-electron chi connectivity index (χ0n) is 16.5. The number of allylic oxidation sites excluding steroid dienone is 3. The number of aryl methyl sites for hydroxylation is 1. The summed E-state index contributed by atoms with van der Waals surface area (Å²) in [5.41, 5.74) is 9.25. The third-order valence-electron chi connectivity index (χ3n) is 4.99. The monoisotopic (exact) mass is 450 g/mol. The van der Waals surface area contributed by atoms with Crippen molar-refractivity contribution in [2.75, 3.05) is 6.54 Å². The van der Waals surface area contributed by atoms with E-state index in [0.717, 1.165) is 29.0 Å². The molecule has 3 N–H and O–H groups in total. The summed E-state index contributed by atoms with van der Waals surface area (Å²) in [5.74, 6) is -2.21. The molecule has 1 aliphatic rings. The van der Waals surface area contributed by atoms with E-state index in [-0.39, 0.29) is 18.9 Å². The van der Waals surface area contributed by atoms with Crippen LogP contribution in [0, 0.1) is 11.6 Å². The average Bonchev–Trinajstić information content (AvgIpc) is 3.03. The summed E-state index contributed by atoms with van der Waals surface area (Å²) in [6, 6.07) is 3.17. The van der Waals surface area contributed by atoms with Gasteiger partial charge in [0.2, 0.25) is 0 Å². The van der Waals surface area contributed by atoms with Gasteiger partial charge in [-0.15, -0.1) is 0 Å². The fourth-order valence-corrected chi connectivity index (χ4v) is 3.98. The van der Waals surface area contributed by atoms with Crippen molar-refractivity contribution in [1.82, 2.24) is 15.1 Å². The number of benzene rings is 1. The van der Waals surface area contributed by atoms with Gasteiger partial charge in [0, 0.05) is 30.9 Å². The van der Waals surface area contributed by atoms with Gasteiger partial charge >= 0.3 is 0 Å². The fourth-order valence-electron chi connectivity index (χ4n) is 3.40. The second-order valence-electron chi connectivity index (χ2n) is 7.14. The Labute approximate surface area is 183 Å². The van der Waals surface area contributed by atoms with Crippen LogP contribution in [0.1, 0.15) is 24.6 Å². The molecule has 0 saturated heterocycles. The Kier molecular flexibility index (Phi) is 6.80. The van der Waals surface area contributed by atoms with Gasteiger partial charge in [0.05, 0.1) is 22.5 Å². The molecule has 0 spiro atoms. The Bertz CT molecular complexity index is 1060. The summed E-state index contributed by atoms with van der Waals surface area (Å²) in [7, 11) is 1.79. The summed E-state index contributed by atoms with van der Waals surface area (Å²) in [6.07, 6.45) is 3.95. The van der Waals surface area contributed by atoms with Crippen LogP contribution in [-0.2, 0) is 18.3 Å². The van der Waals surface area contributed by atoms with Crippen LogP contribution in [0.2, 0.25) is 5.02 Å². The lowest BCUT2D eigenvalue weighted by Gasteiger charge is -2.22. The molecule has 158 valence electrons. The van der Waals surface area contributed by atoms with Crippen molar-refractivity contribution in [3.8, 4) is 0 Å². The molecule has 9 heteroatoms. The molecule has 0 aliphatic heterocycles. The van der Waals surface area contributed by atoms with E-state index in [1.54, 1.807) is 24.0 Å². The predicted octanol–water partition coefficient (Wildman–Crippen LogP) is 3.51. The molecule has 0 bridgehead atoms. The number of hydrogen-bond donors (Lipinski definition) is 2. The lowest BCUT2D eigenvalue weighted by Crippen LogP contribution is -2.43. The molecule has 1 amide bonds. The first-order chi connectivity index (χ1) is 14.2. The van der Waals surface area contributed by atoms with E-state index in [2.05, 4.69) is 10.4 Å². The van der Waals surface area contributed by atoms with Gasteiger partial charge in [0.25, 0.3) is 5.91 Å². The number of carbonyl (C=O) groups excluding carboxylic acids is 1. The minimum atomic E-state index is -0.937. The normalized spacial score (nSPS) is 15.3. The maximum Gasteiger partial charge on any atom is 0.252 e. The zero-order valence-corrected chi connectivity index (χ0v) is 18.1. The summed E-state index contributed by atoms with van der Waals surface area (Å²) < 4.78 is 28.3. The van der Waals surface area contributed by atoms with Gasteiger partial charge in [-0.25, -0.2) is 8.78 Å². The molecule has 0 saturated carbocycles. The molecule has 0 fully saturated rings. The Morgan fingerprint density at radius 3 is 2.73 bits per heavy atom. The molecular weight excluding hydrogens is 430 g/mol. The summed E-state index contributed by atoms with van der Waals surface area (Å²) in [4.78, 5) is 13.3. The molecule has 2 aromatic rings. The standard InChI is InChI=1S/C21H21ClF2N4OS/c1-11-5-15(19(30)8-14(11)20-16(22)10-26-28(20)2)21(29)27-13(9-25)6-12-3-4-17(23)18(24)7-12/h3-5,7,10,13H,6,8-9,25H2,1-2H3,(H,27,29)/t13-/m0/s1. The number of amides is 1. The Hall–Kier alpha value is -2.42. The number of rotatable bonds is 6. The highest BCUT2D eigenvalue weighted by atomic mass is 35.5. The largest absolute Gasteiger partial charge is 0.348 e. The number of nitrogens with two attached hydrogens (primary N) is 1. The van der Waals surface area contributed by atoms with E-state index in [9.17, 15) is 13.6 Å². The van der Waals surface area contributed by atoms with Gasteiger partial charge in [-0.05, 0) is 48.3 Å². The van der Waals surface area contributed by atoms with E-state index >= 15 is 0 Å². The number of thiocarbonyl (C=S) groups is 1. The second kappa shape index (κ2) is 9.16. The van der Waals surface area contributed by atoms with Gasteiger partial charge in [0.1, 0.15) is 0 Å². The number of halogens is 3. The van der Waals surface area contributed by atoms with Crippen LogP contribution in [0.25, 0.3) is 5.57 Å². The number of hydrogen-bond acceptors (Lipinski definition) is 4. The third kappa shape index (κ3) is 4.66. The van der Waals surface area contributed by atoms with Crippen LogP contribution in [0.4, 0.5) is 8.78 Å². The molecule has 30 heavy (non-hydrogen) atoms. The van der Waals surface area contributed by atoms with Crippen LogP contribution in [0.15, 0.2) is 41.6 Å². The molecule has 1 atom stereocenters. The first-order valence-electron chi connectivity index (χ1n) is 9.28. The molecule has 1 aromatic carbocycles. The molecule has 0 radical (unpaired) electrons. The van der Waals surface area contributed by atoms with Crippen LogP contribution in [0.3, 0.4) is 0 Å². The van der Waals surface area contributed by atoms with Gasteiger partial charge in [0.15, 0.2) is 11.6 Å². The first kappa shape index (κ1) is 22.3. The smallest absolute Gasteiger partial charge is 0.252 e. The van der Waals surface area contributed by atoms with E-state index in [1.165, 1.54) is 6.07 Å². The van der Waals surface area contributed by atoms with Crippen molar-refractivity contribution < 1.29 is 13.6 Å². The molecule has 5 nitrogen and oxygen atoms in total. The molecule has 1 aliphatic carbocycles. The van der Waals surface area contributed by atoms with Crippen LogP contribution in [0.5, 0.6) is 0 Å². The molecule has 3 rings (SSSR count). The van der Waals surface area contributed by atoms with E-state index in [4.69, 9.17) is 29.6 Å². The van der Waals surface area contributed by atoms with Crippen LogP contribution >= 0.6 is 23.8 Å².